The van der Waals surface area contributed by atoms with Crippen LogP contribution in [0.25, 0.3) is 11.0 Å². The third-order valence-electron chi connectivity index (χ3n) is 6.40. The molecule has 2 amide bonds. The van der Waals surface area contributed by atoms with Gasteiger partial charge in [0.1, 0.15) is 5.58 Å². The van der Waals surface area contributed by atoms with E-state index in [1.165, 1.54) is 6.42 Å². The fraction of sp³-hybridized carbons (Fsp3) is 0.524. The minimum Gasteiger partial charge on any atom is -0.451 e. The average Bonchev–Trinajstić information content (AvgIpc) is 3.42. The van der Waals surface area contributed by atoms with E-state index in [4.69, 9.17) is 4.42 Å². The van der Waals surface area contributed by atoms with Gasteiger partial charge in [-0.1, -0.05) is 0 Å². The maximum absolute atomic E-state index is 12.7. The highest BCUT2D eigenvalue weighted by atomic mass is 16.3. The number of rotatable bonds is 3. The van der Waals surface area contributed by atoms with E-state index in [0.717, 1.165) is 31.3 Å². The highest BCUT2D eigenvalue weighted by Gasteiger charge is 2.39. The van der Waals surface area contributed by atoms with Crippen molar-refractivity contribution in [1.29, 1.82) is 0 Å². The van der Waals surface area contributed by atoms with E-state index < -0.39 is 0 Å². The number of nitrogens with one attached hydrogen (secondary N) is 2. The molecule has 0 unspecified atom stereocenters. The number of carbonyl (C=O) groups excluding carboxylic acids is 2. The number of furan rings is 1. The van der Waals surface area contributed by atoms with E-state index in [-0.39, 0.29) is 17.9 Å². The molecule has 2 bridgehead atoms. The predicted octanol–water partition coefficient (Wildman–Crippen LogP) is 1.44. The number of likely N-dealkylation sites (N-methyl/N-ethyl adjacent to an activating group) is 1. The molecular formula is C21H26N4O3. The number of piperazine rings is 1. The molecule has 3 fully saturated rings. The summed E-state index contributed by atoms with van der Waals surface area (Å²) in [6, 6.07) is 8.28. The van der Waals surface area contributed by atoms with Gasteiger partial charge in [0.2, 0.25) is 0 Å². The lowest BCUT2D eigenvalue weighted by Crippen LogP contribution is -2.47. The summed E-state index contributed by atoms with van der Waals surface area (Å²) in [7, 11) is 2.06. The van der Waals surface area contributed by atoms with Crippen molar-refractivity contribution < 1.29 is 14.0 Å². The minimum absolute atomic E-state index is 0.0607. The minimum atomic E-state index is -0.0802. The lowest BCUT2D eigenvalue weighted by atomic mass is 9.95. The Morgan fingerprint density at radius 3 is 2.68 bits per heavy atom. The molecule has 1 aromatic heterocycles. The van der Waals surface area contributed by atoms with E-state index in [2.05, 4.69) is 22.6 Å². The van der Waals surface area contributed by atoms with Crippen molar-refractivity contribution in [3.63, 3.8) is 0 Å². The van der Waals surface area contributed by atoms with Crippen molar-refractivity contribution in [3.05, 3.63) is 35.6 Å². The predicted molar refractivity (Wildman–Crippen MR) is 105 cm³/mol. The van der Waals surface area contributed by atoms with Crippen molar-refractivity contribution in [2.75, 3.05) is 33.2 Å². The second kappa shape index (κ2) is 6.90. The van der Waals surface area contributed by atoms with Crippen LogP contribution in [0.5, 0.6) is 0 Å². The van der Waals surface area contributed by atoms with Crippen LogP contribution in [0.2, 0.25) is 0 Å². The zero-order valence-electron chi connectivity index (χ0n) is 16.1. The van der Waals surface area contributed by atoms with E-state index in [1.54, 1.807) is 18.2 Å². The van der Waals surface area contributed by atoms with Gasteiger partial charge in [0.15, 0.2) is 5.76 Å². The van der Waals surface area contributed by atoms with Gasteiger partial charge in [-0.15, -0.1) is 0 Å². The van der Waals surface area contributed by atoms with Crippen LogP contribution in [-0.4, -0.2) is 73.0 Å². The number of nitrogens with zero attached hydrogens (tertiary/aromatic N) is 2. The lowest BCUT2D eigenvalue weighted by molar-refractivity contribution is 0.0634. The summed E-state index contributed by atoms with van der Waals surface area (Å²) < 4.78 is 5.77. The third-order valence-corrected chi connectivity index (χ3v) is 6.40. The summed E-state index contributed by atoms with van der Waals surface area (Å²) >= 11 is 0. The Bertz CT molecular complexity index is 916. The van der Waals surface area contributed by atoms with Crippen molar-refractivity contribution in [2.45, 2.75) is 37.4 Å². The van der Waals surface area contributed by atoms with E-state index in [9.17, 15) is 9.59 Å². The summed E-state index contributed by atoms with van der Waals surface area (Å²) in [4.78, 5) is 29.4. The van der Waals surface area contributed by atoms with E-state index in [0.29, 0.717) is 42.1 Å². The van der Waals surface area contributed by atoms with Gasteiger partial charge in [0, 0.05) is 55.3 Å². The Labute approximate surface area is 164 Å². The van der Waals surface area contributed by atoms with Gasteiger partial charge in [-0.2, -0.15) is 0 Å². The number of amides is 2. The molecule has 2 N–H and O–H groups in total. The first-order valence-electron chi connectivity index (χ1n) is 10.1. The fourth-order valence-corrected chi connectivity index (χ4v) is 4.69. The largest absolute Gasteiger partial charge is 0.451 e. The Morgan fingerprint density at radius 1 is 1.14 bits per heavy atom. The lowest BCUT2D eigenvalue weighted by Gasteiger charge is -2.31. The van der Waals surface area contributed by atoms with Gasteiger partial charge in [0.25, 0.3) is 11.8 Å². The van der Waals surface area contributed by atoms with Gasteiger partial charge in [-0.3, -0.25) is 9.59 Å². The summed E-state index contributed by atoms with van der Waals surface area (Å²) in [6.45, 7) is 3.15. The Hall–Kier alpha value is -2.38. The molecule has 2 aromatic rings. The van der Waals surface area contributed by atoms with Crippen LogP contribution in [-0.2, 0) is 0 Å². The molecule has 148 valence electrons. The highest BCUT2D eigenvalue weighted by molar-refractivity contribution is 6.00. The Balaban J connectivity index is 1.31. The Kier molecular flexibility index (Phi) is 4.36. The summed E-state index contributed by atoms with van der Waals surface area (Å²) in [5.74, 6) is 0.201. The number of carbonyl (C=O) groups is 2. The Morgan fingerprint density at radius 2 is 1.96 bits per heavy atom. The first kappa shape index (κ1) is 17.7. The van der Waals surface area contributed by atoms with Gasteiger partial charge in [-0.05, 0) is 50.6 Å². The maximum Gasteiger partial charge on any atom is 0.289 e. The van der Waals surface area contributed by atoms with E-state index >= 15 is 0 Å². The molecular weight excluding hydrogens is 356 g/mol. The van der Waals surface area contributed by atoms with Crippen LogP contribution in [0.15, 0.2) is 28.7 Å². The molecule has 4 heterocycles. The smallest absolute Gasteiger partial charge is 0.289 e. The second-order valence-corrected chi connectivity index (χ2v) is 8.32. The molecule has 0 aliphatic carbocycles. The summed E-state index contributed by atoms with van der Waals surface area (Å²) in [6.07, 6.45) is 3.35. The van der Waals surface area contributed by atoms with Crippen molar-refractivity contribution in [1.82, 2.24) is 20.4 Å². The molecule has 3 aliphatic heterocycles. The summed E-state index contributed by atoms with van der Waals surface area (Å²) in [5.41, 5.74) is 1.24. The molecule has 7 nitrogen and oxygen atoms in total. The molecule has 1 aromatic carbocycles. The maximum atomic E-state index is 12.7. The SMILES string of the molecule is CN1CCN(C(=O)c2cc3cc(C(=O)N[C@@H]4C[C@H]5CC[C@@H]4N5)ccc3o2)CC1. The first-order chi connectivity index (χ1) is 13.6. The fourth-order valence-electron chi connectivity index (χ4n) is 4.69. The van der Waals surface area contributed by atoms with Crippen LogP contribution < -0.4 is 10.6 Å². The summed E-state index contributed by atoms with van der Waals surface area (Å²) in [5, 5.41) is 7.49. The molecule has 3 saturated heterocycles. The van der Waals surface area contributed by atoms with Crippen LogP contribution in [0.3, 0.4) is 0 Å². The third kappa shape index (κ3) is 3.18. The van der Waals surface area contributed by atoms with Crippen molar-refractivity contribution >= 4 is 22.8 Å². The zero-order valence-corrected chi connectivity index (χ0v) is 16.1. The number of benzene rings is 1. The number of fused-ring (bicyclic) bond motifs is 3. The normalized spacial score (nSPS) is 27.5. The van der Waals surface area contributed by atoms with Crippen LogP contribution in [0.1, 0.15) is 40.2 Å². The molecule has 3 atom stereocenters. The van der Waals surface area contributed by atoms with Crippen LogP contribution >= 0.6 is 0 Å². The van der Waals surface area contributed by atoms with Gasteiger partial charge in [-0.25, -0.2) is 0 Å². The number of hydrogen-bond donors (Lipinski definition) is 2. The zero-order chi connectivity index (χ0) is 19.3. The van der Waals surface area contributed by atoms with Crippen LogP contribution in [0, 0.1) is 0 Å². The topological polar surface area (TPSA) is 77.8 Å². The van der Waals surface area contributed by atoms with Gasteiger partial charge in [0.05, 0.1) is 0 Å². The quantitative estimate of drug-likeness (QED) is 0.840. The van der Waals surface area contributed by atoms with Crippen molar-refractivity contribution in [2.24, 2.45) is 0 Å². The van der Waals surface area contributed by atoms with Crippen molar-refractivity contribution in [3.8, 4) is 0 Å². The monoisotopic (exact) mass is 382 g/mol. The molecule has 3 aliphatic rings. The molecule has 0 saturated carbocycles. The molecule has 7 heteroatoms. The molecule has 0 spiro atoms. The number of hydrogen-bond acceptors (Lipinski definition) is 5. The highest BCUT2D eigenvalue weighted by Crippen LogP contribution is 2.29. The molecule has 0 radical (unpaired) electrons. The van der Waals surface area contributed by atoms with E-state index in [1.807, 2.05) is 11.0 Å². The molecule has 5 rings (SSSR count). The molecule has 28 heavy (non-hydrogen) atoms. The van der Waals surface area contributed by atoms with Gasteiger partial charge < -0.3 is 24.9 Å². The first-order valence-corrected chi connectivity index (χ1v) is 10.1. The van der Waals surface area contributed by atoms with Gasteiger partial charge >= 0.3 is 0 Å². The standard InChI is InChI=1S/C21H26N4O3/c1-24-6-8-25(9-7-24)21(27)19-11-14-10-13(2-5-18(14)28-19)20(26)23-17-12-15-3-4-16(17)22-15/h2,5,10-11,15-17,22H,3-4,6-9,12H2,1H3,(H,23,26)/t15-,16+,17-/m1/s1. The van der Waals surface area contributed by atoms with Crippen LogP contribution in [0.4, 0.5) is 0 Å². The average molecular weight is 382 g/mol. The second-order valence-electron chi connectivity index (χ2n) is 8.32.